The van der Waals surface area contributed by atoms with Crippen LogP contribution in [0.3, 0.4) is 0 Å². The fourth-order valence-electron chi connectivity index (χ4n) is 2.51. The summed E-state index contributed by atoms with van der Waals surface area (Å²) in [5.74, 6) is 0.00383. The van der Waals surface area contributed by atoms with Gasteiger partial charge in [-0.05, 0) is 30.4 Å². The lowest BCUT2D eigenvalue weighted by Gasteiger charge is -2.13. The summed E-state index contributed by atoms with van der Waals surface area (Å²) in [7, 11) is 0. The largest absolute Gasteiger partial charge is 0.374 e. The summed E-state index contributed by atoms with van der Waals surface area (Å²) >= 11 is 3.24. The average molecular weight is 387 g/mol. The summed E-state index contributed by atoms with van der Waals surface area (Å²) in [5, 5.41) is 7.90. The zero-order chi connectivity index (χ0) is 18.2. The molecular weight excluding hydrogens is 364 g/mol. The standard InChI is InChI=1S/C20H22N2O2S2/c1-15(16-7-3-2-4-8-16)24-11-6-10-21-19(23)13-17-14-26-20(22-17)18-9-5-12-25-18/h2-5,7-9,12,14-15H,6,10-11,13H2,1H3,(H,21,23). The minimum atomic E-state index is 0.00383. The third-order valence-corrected chi connectivity index (χ3v) is 5.84. The molecule has 0 spiro atoms. The van der Waals surface area contributed by atoms with Crippen molar-refractivity contribution in [1.82, 2.24) is 10.3 Å². The van der Waals surface area contributed by atoms with Gasteiger partial charge in [0.2, 0.25) is 5.91 Å². The summed E-state index contributed by atoms with van der Waals surface area (Å²) < 4.78 is 5.81. The highest BCUT2D eigenvalue weighted by atomic mass is 32.1. The first-order valence-electron chi connectivity index (χ1n) is 8.64. The number of carbonyl (C=O) groups is 1. The first-order chi connectivity index (χ1) is 12.7. The molecule has 1 amide bonds. The quantitative estimate of drug-likeness (QED) is 0.543. The minimum absolute atomic E-state index is 0.00383. The maximum absolute atomic E-state index is 12.0. The fraction of sp³-hybridized carbons (Fsp3) is 0.300. The van der Waals surface area contributed by atoms with Crippen molar-refractivity contribution in [2.75, 3.05) is 13.2 Å². The number of amides is 1. The van der Waals surface area contributed by atoms with Crippen LogP contribution in [0.5, 0.6) is 0 Å². The molecule has 4 nitrogen and oxygen atoms in total. The Morgan fingerprint density at radius 3 is 2.81 bits per heavy atom. The van der Waals surface area contributed by atoms with Crippen LogP contribution in [0.15, 0.2) is 53.2 Å². The summed E-state index contributed by atoms with van der Waals surface area (Å²) in [6.07, 6.45) is 1.18. The second kappa shape index (κ2) is 9.62. The highest BCUT2D eigenvalue weighted by Crippen LogP contribution is 2.27. The lowest BCUT2D eigenvalue weighted by molar-refractivity contribution is -0.120. The van der Waals surface area contributed by atoms with Gasteiger partial charge >= 0.3 is 0 Å². The third-order valence-electron chi connectivity index (χ3n) is 3.91. The molecule has 0 radical (unpaired) electrons. The Balaban J connectivity index is 1.33. The molecule has 0 aliphatic heterocycles. The van der Waals surface area contributed by atoms with Crippen LogP contribution in [0.1, 0.15) is 30.7 Å². The topological polar surface area (TPSA) is 51.2 Å². The van der Waals surface area contributed by atoms with Crippen molar-refractivity contribution in [2.45, 2.75) is 25.9 Å². The van der Waals surface area contributed by atoms with E-state index in [2.05, 4.69) is 22.4 Å². The molecule has 0 bridgehead atoms. The SMILES string of the molecule is CC(OCCCNC(=O)Cc1csc(-c2cccs2)n1)c1ccccc1. The number of hydrogen-bond acceptors (Lipinski definition) is 5. The van der Waals surface area contributed by atoms with Crippen LogP contribution >= 0.6 is 22.7 Å². The van der Waals surface area contributed by atoms with Gasteiger partial charge in [-0.15, -0.1) is 22.7 Å². The normalized spacial score (nSPS) is 12.0. The predicted molar refractivity (Wildman–Crippen MR) is 108 cm³/mol. The molecular formula is C20H22N2O2S2. The molecule has 0 fully saturated rings. The Morgan fingerprint density at radius 1 is 1.19 bits per heavy atom. The Kier molecular flexibility index (Phi) is 6.94. The number of carbonyl (C=O) groups excluding carboxylic acids is 1. The van der Waals surface area contributed by atoms with Gasteiger partial charge in [0.1, 0.15) is 5.01 Å². The van der Waals surface area contributed by atoms with Gasteiger partial charge in [-0.2, -0.15) is 0 Å². The van der Waals surface area contributed by atoms with E-state index in [0.717, 1.165) is 22.0 Å². The first kappa shape index (κ1) is 18.8. The van der Waals surface area contributed by atoms with Gasteiger partial charge in [0.05, 0.1) is 23.1 Å². The summed E-state index contributed by atoms with van der Waals surface area (Å²) in [4.78, 5) is 17.7. The molecule has 0 saturated heterocycles. The Labute approximate surface area is 161 Å². The number of ether oxygens (including phenoxy) is 1. The second-order valence-corrected chi connectivity index (χ2v) is 7.73. The van der Waals surface area contributed by atoms with Gasteiger partial charge in [0.15, 0.2) is 0 Å². The van der Waals surface area contributed by atoms with Crippen LogP contribution in [-0.4, -0.2) is 24.0 Å². The van der Waals surface area contributed by atoms with Crippen molar-refractivity contribution < 1.29 is 9.53 Å². The van der Waals surface area contributed by atoms with Crippen LogP contribution in [0.2, 0.25) is 0 Å². The molecule has 136 valence electrons. The fourth-order valence-corrected chi connectivity index (χ4v) is 4.14. The van der Waals surface area contributed by atoms with Crippen LogP contribution in [0.4, 0.5) is 0 Å². The van der Waals surface area contributed by atoms with Crippen molar-refractivity contribution in [3.05, 3.63) is 64.5 Å². The summed E-state index contributed by atoms with van der Waals surface area (Å²) in [6.45, 7) is 3.28. The van der Waals surface area contributed by atoms with Crippen LogP contribution < -0.4 is 5.32 Å². The van der Waals surface area contributed by atoms with Crippen LogP contribution in [0, 0.1) is 0 Å². The number of thiophene rings is 1. The van der Waals surface area contributed by atoms with E-state index in [1.54, 1.807) is 22.7 Å². The van der Waals surface area contributed by atoms with Crippen molar-refractivity contribution in [3.8, 4) is 9.88 Å². The number of thiazole rings is 1. The summed E-state index contributed by atoms with van der Waals surface area (Å²) in [6, 6.07) is 14.2. The maximum Gasteiger partial charge on any atom is 0.226 e. The van der Waals surface area contributed by atoms with E-state index < -0.39 is 0 Å². The van der Waals surface area contributed by atoms with Crippen LogP contribution in [-0.2, 0) is 16.0 Å². The van der Waals surface area contributed by atoms with Crippen LogP contribution in [0.25, 0.3) is 9.88 Å². The number of aromatic nitrogens is 1. The van der Waals surface area contributed by atoms with E-state index in [4.69, 9.17) is 4.74 Å². The van der Waals surface area contributed by atoms with Gasteiger partial charge in [-0.3, -0.25) is 4.79 Å². The molecule has 1 unspecified atom stereocenters. The molecule has 1 atom stereocenters. The van der Waals surface area contributed by atoms with Gasteiger partial charge in [0.25, 0.3) is 0 Å². The van der Waals surface area contributed by atoms with E-state index in [1.807, 2.05) is 48.0 Å². The van der Waals surface area contributed by atoms with Gasteiger partial charge in [-0.25, -0.2) is 4.98 Å². The van der Waals surface area contributed by atoms with E-state index in [-0.39, 0.29) is 12.0 Å². The number of rotatable bonds is 9. The molecule has 1 N–H and O–H groups in total. The predicted octanol–water partition coefficient (Wildman–Crippen LogP) is 4.70. The van der Waals surface area contributed by atoms with Gasteiger partial charge in [-0.1, -0.05) is 36.4 Å². The lowest BCUT2D eigenvalue weighted by Crippen LogP contribution is -2.27. The van der Waals surface area contributed by atoms with Gasteiger partial charge in [0, 0.05) is 18.5 Å². The molecule has 0 aliphatic rings. The zero-order valence-corrected chi connectivity index (χ0v) is 16.3. The average Bonchev–Trinajstić information content (AvgIpc) is 3.33. The third kappa shape index (κ3) is 5.49. The van der Waals surface area contributed by atoms with Crippen molar-refractivity contribution in [3.63, 3.8) is 0 Å². The molecule has 0 aliphatic carbocycles. The number of nitrogens with one attached hydrogen (secondary N) is 1. The molecule has 3 aromatic rings. The Bertz CT molecular complexity index is 800. The number of nitrogens with zero attached hydrogens (tertiary/aromatic N) is 1. The Morgan fingerprint density at radius 2 is 2.04 bits per heavy atom. The molecule has 26 heavy (non-hydrogen) atoms. The lowest BCUT2D eigenvalue weighted by atomic mass is 10.1. The highest BCUT2D eigenvalue weighted by molar-refractivity contribution is 7.20. The molecule has 2 aromatic heterocycles. The number of benzene rings is 1. The number of hydrogen-bond donors (Lipinski definition) is 1. The van der Waals surface area contributed by atoms with E-state index in [0.29, 0.717) is 19.6 Å². The Hall–Kier alpha value is -2.02. The van der Waals surface area contributed by atoms with Crippen molar-refractivity contribution in [2.24, 2.45) is 0 Å². The molecule has 6 heteroatoms. The molecule has 3 rings (SSSR count). The summed E-state index contributed by atoms with van der Waals surface area (Å²) in [5.41, 5.74) is 1.99. The molecule has 0 saturated carbocycles. The van der Waals surface area contributed by atoms with Crippen molar-refractivity contribution in [1.29, 1.82) is 0 Å². The van der Waals surface area contributed by atoms with Gasteiger partial charge < -0.3 is 10.1 Å². The van der Waals surface area contributed by atoms with E-state index in [1.165, 1.54) is 5.56 Å². The highest BCUT2D eigenvalue weighted by Gasteiger charge is 2.09. The van der Waals surface area contributed by atoms with E-state index >= 15 is 0 Å². The van der Waals surface area contributed by atoms with Crippen molar-refractivity contribution >= 4 is 28.6 Å². The van der Waals surface area contributed by atoms with E-state index in [9.17, 15) is 4.79 Å². The molecule has 2 heterocycles. The maximum atomic E-state index is 12.0. The first-order valence-corrected chi connectivity index (χ1v) is 10.4. The molecule has 1 aromatic carbocycles. The minimum Gasteiger partial charge on any atom is -0.374 e. The monoisotopic (exact) mass is 386 g/mol. The smallest absolute Gasteiger partial charge is 0.226 e. The zero-order valence-electron chi connectivity index (χ0n) is 14.7. The second-order valence-electron chi connectivity index (χ2n) is 5.93.